The number of aromatic nitrogens is 2. The normalized spacial score (nSPS) is 14.8. The maximum absolute atomic E-state index is 5.95. The quantitative estimate of drug-likeness (QED) is 0.879. The molecule has 1 aromatic heterocycles. The van der Waals surface area contributed by atoms with Gasteiger partial charge >= 0.3 is 0 Å². The second kappa shape index (κ2) is 3.92. The Kier molecular flexibility index (Phi) is 2.48. The van der Waals surface area contributed by atoms with Crippen molar-refractivity contribution in [3.63, 3.8) is 0 Å². The Balaban J connectivity index is 1.98. The van der Waals surface area contributed by atoms with Crippen LogP contribution in [0.1, 0.15) is 37.2 Å². The van der Waals surface area contributed by atoms with Crippen LogP contribution in [0.5, 0.6) is 0 Å². The highest BCUT2D eigenvalue weighted by molar-refractivity contribution is 5.56. The van der Waals surface area contributed by atoms with E-state index in [0.29, 0.717) is 11.7 Å². The van der Waals surface area contributed by atoms with Gasteiger partial charge in [0.2, 0.25) is 0 Å². The number of benzene rings is 1. The largest absolute Gasteiger partial charge is 0.334 e. The second-order valence-electron chi connectivity index (χ2n) is 5.48. The van der Waals surface area contributed by atoms with Gasteiger partial charge in [-0.05, 0) is 56.4 Å². The molecular weight excluding hydrogens is 226 g/mol. The summed E-state index contributed by atoms with van der Waals surface area (Å²) in [4.78, 5) is 4.37. The smallest absolute Gasteiger partial charge is 0.258 e. The first-order valence-corrected chi connectivity index (χ1v) is 6.29. The minimum absolute atomic E-state index is 0.540. The first-order valence-electron chi connectivity index (χ1n) is 6.29. The zero-order chi connectivity index (χ0) is 12.8. The molecule has 1 aromatic carbocycles. The van der Waals surface area contributed by atoms with Crippen LogP contribution in [0, 0.1) is 0 Å². The van der Waals surface area contributed by atoms with Gasteiger partial charge in [-0.25, -0.2) is 0 Å². The fourth-order valence-electron chi connectivity index (χ4n) is 2.31. The molecule has 0 radical (unpaired) electrons. The molecule has 94 valence electrons. The summed E-state index contributed by atoms with van der Waals surface area (Å²) in [6, 6.07) is 6.36. The van der Waals surface area contributed by atoms with Crippen molar-refractivity contribution in [1.29, 1.82) is 0 Å². The van der Waals surface area contributed by atoms with E-state index < -0.39 is 5.54 Å². The minimum atomic E-state index is -0.571. The average molecular weight is 243 g/mol. The van der Waals surface area contributed by atoms with Crippen molar-refractivity contribution < 1.29 is 4.52 Å². The number of hydrogen-bond acceptors (Lipinski definition) is 4. The van der Waals surface area contributed by atoms with Crippen LogP contribution in [0.3, 0.4) is 0 Å². The summed E-state index contributed by atoms with van der Waals surface area (Å²) in [5.74, 6) is 1.09. The van der Waals surface area contributed by atoms with Crippen molar-refractivity contribution in [2.45, 2.75) is 38.6 Å². The summed E-state index contributed by atoms with van der Waals surface area (Å²) in [5.41, 5.74) is 9.21. The maximum atomic E-state index is 5.95. The van der Waals surface area contributed by atoms with Gasteiger partial charge in [0.25, 0.3) is 5.89 Å². The Labute approximate surface area is 106 Å². The molecule has 4 nitrogen and oxygen atoms in total. The molecule has 0 amide bonds. The summed E-state index contributed by atoms with van der Waals surface area (Å²) in [5, 5.41) is 3.95. The van der Waals surface area contributed by atoms with Crippen molar-refractivity contribution >= 4 is 0 Å². The van der Waals surface area contributed by atoms with Crippen LogP contribution >= 0.6 is 0 Å². The predicted octanol–water partition coefficient (Wildman–Crippen LogP) is 2.42. The van der Waals surface area contributed by atoms with E-state index in [4.69, 9.17) is 10.3 Å². The zero-order valence-electron chi connectivity index (χ0n) is 10.7. The molecule has 1 aliphatic carbocycles. The summed E-state index contributed by atoms with van der Waals surface area (Å²) in [6.07, 6.45) is 3.57. The lowest BCUT2D eigenvalue weighted by Crippen LogP contribution is -2.30. The van der Waals surface area contributed by atoms with Gasteiger partial charge in [0.15, 0.2) is 5.82 Å². The molecule has 2 aromatic rings. The van der Waals surface area contributed by atoms with Gasteiger partial charge in [0.05, 0.1) is 5.54 Å². The Morgan fingerprint density at radius 1 is 1.22 bits per heavy atom. The van der Waals surface area contributed by atoms with Crippen molar-refractivity contribution in [3.8, 4) is 11.5 Å². The van der Waals surface area contributed by atoms with E-state index in [1.165, 1.54) is 24.0 Å². The highest BCUT2D eigenvalue weighted by Crippen LogP contribution is 2.28. The van der Waals surface area contributed by atoms with E-state index in [1.54, 1.807) is 0 Å². The standard InChI is InChI=1S/C14H17N3O/c1-14(2,15)13-16-12(18-17-13)11-7-6-9-4-3-5-10(9)8-11/h6-8H,3-5,15H2,1-2H3. The fraction of sp³-hybridized carbons (Fsp3) is 0.429. The van der Waals surface area contributed by atoms with Gasteiger partial charge in [-0.15, -0.1) is 0 Å². The fourth-order valence-corrected chi connectivity index (χ4v) is 2.31. The molecule has 0 aliphatic heterocycles. The van der Waals surface area contributed by atoms with Gasteiger partial charge in [0.1, 0.15) is 0 Å². The first kappa shape index (κ1) is 11.4. The van der Waals surface area contributed by atoms with Gasteiger partial charge in [0, 0.05) is 5.56 Å². The zero-order valence-corrected chi connectivity index (χ0v) is 10.7. The van der Waals surface area contributed by atoms with E-state index >= 15 is 0 Å². The molecule has 4 heteroatoms. The van der Waals surface area contributed by atoms with Gasteiger partial charge in [-0.2, -0.15) is 4.98 Å². The predicted molar refractivity (Wildman–Crippen MR) is 69.0 cm³/mol. The highest BCUT2D eigenvalue weighted by atomic mass is 16.5. The lowest BCUT2D eigenvalue weighted by Gasteiger charge is -2.11. The topological polar surface area (TPSA) is 64.9 Å². The maximum Gasteiger partial charge on any atom is 0.258 e. The van der Waals surface area contributed by atoms with E-state index in [-0.39, 0.29) is 0 Å². The highest BCUT2D eigenvalue weighted by Gasteiger charge is 2.22. The van der Waals surface area contributed by atoms with Crippen molar-refractivity contribution in [3.05, 3.63) is 35.2 Å². The Morgan fingerprint density at radius 3 is 2.72 bits per heavy atom. The molecule has 0 atom stereocenters. The van der Waals surface area contributed by atoms with Crippen LogP contribution in [0.15, 0.2) is 22.7 Å². The molecule has 0 spiro atoms. The SMILES string of the molecule is CC(C)(N)c1noc(-c2ccc3c(c2)CCC3)n1. The third-order valence-corrected chi connectivity index (χ3v) is 3.35. The minimum Gasteiger partial charge on any atom is -0.334 e. The monoisotopic (exact) mass is 243 g/mol. The van der Waals surface area contributed by atoms with Crippen LogP contribution in [0.25, 0.3) is 11.5 Å². The van der Waals surface area contributed by atoms with Crippen molar-refractivity contribution in [2.24, 2.45) is 5.73 Å². The van der Waals surface area contributed by atoms with Gasteiger partial charge in [-0.3, -0.25) is 0 Å². The number of nitrogens with zero attached hydrogens (tertiary/aromatic N) is 2. The van der Waals surface area contributed by atoms with E-state index in [9.17, 15) is 0 Å². The molecule has 3 rings (SSSR count). The third-order valence-electron chi connectivity index (χ3n) is 3.35. The number of aryl methyl sites for hydroxylation is 2. The van der Waals surface area contributed by atoms with Crippen LogP contribution in [0.2, 0.25) is 0 Å². The Bertz CT molecular complexity index is 581. The summed E-state index contributed by atoms with van der Waals surface area (Å²) in [6.45, 7) is 3.73. The summed E-state index contributed by atoms with van der Waals surface area (Å²) >= 11 is 0. The summed E-state index contributed by atoms with van der Waals surface area (Å²) < 4.78 is 5.30. The van der Waals surface area contributed by atoms with E-state index in [1.807, 2.05) is 19.9 Å². The second-order valence-corrected chi connectivity index (χ2v) is 5.48. The third kappa shape index (κ3) is 1.93. The van der Waals surface area contributed by atoms with Crippen molar-refractivity contribution in [2.75, 3.05) is 0 Å². The van der Waals surface area contributed by atoms with Crippen LogP contribution in [0.4, 0.5) is 0 Å². The summed E-state index contributed by atoms with van der Waals surface area (Å²) in [7, 11) is 0. The molecule has 1 aliphatic rings. The lowest BCUT2D eigenvalue weighted by molar-refractivity contribution is 0.397. The molecule has 0 bridgehead atoms. The number of rotatable bonds is 2. The van der Waals surface area contributed by atoms with Crippen molar-refractivity contribution in [1.82, 2.24) is 10.1 Å². The van der Waals surface area contributed by atoms with Crippen LogP contribution in [-0.4, -0.2) is 10.1 Å². The molecule has 0 saturated heterocycles. The number of nitrogens with two attached hydrogens (primary N) is 1. The molecule has 0 fully saturated rings. The van der Waals surface area contributed by atoms with E-state index in [2.05, 4.69) is 22.3 Å². The molecule has 1 heterocycles. The van der Waals surface area contributed by atoms with Gasteiger partial charge < -0.3 is 10.3 Å². The molecule has 18 heavy (non-hydrogen) atoms. The Hall–Kier alpha value is -1.68. The Morgan fingerprint density at radius 2 is 2.00 bits per heavy atom. The number of hydrogen-bond donors (Lipinski definition) is 1. The van der Waals surface area contributed by atoms with Crippen LogP contribution < -0.4 is 5.73 Å². The molecule has 0 unspecified atom stereocenters. The number of fused-ring (bicyclic) bond motifs is 1. The molecule has 2 N–H and O–H groups in total. The average Bonchev–Trinajstić information content (AvgIpc) is 2.96. The first-order chi connectivity index (χ1) is 8.54. The molecular formula is C14H17N3O. The van der Waals surface area contributed by atoms with E-state index in [0.717, 1.165) is 12.0 Å². The van der Waals surface area contributed by atoms with Gasteiger partial charge in [-0.1, -0.05) is 11.2 Å². The van der Waals surface area contributed by atoms with Crippen LogP contribution in [-0.2, 0) is 18.4 Å². The molecule has 0 saturated carbocycles. The lowest BCUT2D eigenvalue weighted by atomic mass is 10.1.